The standard InChI is InChI=1S/C27H29N3O3S/c1-19-9-11-20(12-10-19)30-25(31)18-21(26(30)24-8-5-17-34-24)27(32)29-15-13-28(14-16-29)22-6-3-4-7-23(22)33-2/h3-12,17,21,26H,13-16,18H2,1-2H3. The van der Waals surface area contributed by atoms with Crippen LogP contribution in [0.25, 0.3) is 0 Å². The minimum Gasteiger partial charge on any atom is -0.495 e. The van der Waals surface area contributed by atoms with Gasteiger partial charge in [0.1, 0.15) is 5.75 Å². The van der Waals surface area contributed by atoms with Gasteiger partial charge in [0.05, 0.1) is 24.8 Å². The molecular weight excluding hydrogens is 446 g/mol. The van der Waals surface area contributed by atoms with E-state index in [4.69, 9.17) is 4.74 Å². The molecule has 0 saturated carbocycles. The molecule has 0 bridgehead atoms. The normalized spacial score (nSPS) is 20.6. The molecular formula is C27H29N3O3S. The number of aryl methyl sites for hydroxylation is 1. The maximum Gasteiger partial charge on any atom is 0.228 e. The number of benzene rings is 2. The molecule has 2 atom stereocenters. The van der Waals surface area contributed by atoms with Crippen LogP contribution in [-0.4, -0.2) is 50.0 Å². The molecule has 2 aromatic carbocycles. The Kier molecular flexibility index (Phi) is 6.28. The molecule has 3 aromatic rings. The van der Waals surface area contributed by atoms with Gasteiger partial charge in [-0.25, -0.2) is 0 Å². The molecule has 0 aliphatic carbocycles. The number of para-hydroxylation sites is 2. The highest BCUT2D eigenvalue weighted by Gasteiger charge is 2.47. The Hall–Kier alpha value is -3.32. The second-order valence-corrected chi connectivity index (χ2v) is 9.83. The zero-order chi connectivity index (χ0) is 23.7. The molecule has 2 saturated heterocycles. The summed E-state index contributed by atoms with van der Waals surface area (Å²) in [6.07, 6.45) is 0.238. The van der Waals surface area contributed by atoms with E-state index >= 15 is 0 Å². The van der Waals surface area contributed by atoms with Crippen LogP contribution in [0.3, 0.4) is 0 Å². The Morgan fingerprint density at radius 1 is 0.971 bits per heavy atom. The lowest BCUT2D eigenvalue weighted by Crippen LogP contribution is -2.51. The van der Waals surface area contributed by atoms with Gasteiger partial charge in [-0.3, -0.25) is 9.59 Å². The number of rotatable bonds is 5. The molecule has 1 aromatic heterocycles. The van der Waals surface area contributed by atoms with E-state index in [1.165, 1.54) is 0 Å². The van der Waals surface area contributed by atoms with Crippen molar-refractivity contribution in [3.63, 3.8) is 0 Å². The first-order chi connectivity index (χ1) is 16.6. The number of methoxy groups -OCH3 is 1. The molecule has 2 aliphatic rings. The fourth-order valence-electron chi connectivity index (χ4n) is 5.04. The number of ether oxygens (including phenoxy) is 1. The van der Waals surface area contributed by atoms with Gasteiger partial charge < -0.3 is 19.4 Å². The third-order valence-electron chi connectivity index (χ3n) is 6.80. The molecule has 5 rings (SSSR count). The summed E-state index contributed by atoms with van der Waals surface area (Å²) in [6, 6.07) is 19.7. The second-order valence-electron chi connectivity index (χ2n) is 8.85. The number of amides is 2. The predicted octanol–water partition coefficient (Wildman–Crippen LogP) is 4.51. The van der Waals surface area contributed by atoms with Crippen LogP contribution in [0.1, 0.15) is 22.9 Å². The van der Waals surface area contributed by atoms with E-state index in [2.05, 4.69) is 11.0 Å². The number of carbonyl (C=O) groups is 2. The van der Waals surface area contributed by atoms with Gasteiger partial charge >= 0.3 is 0 Å². The molecule has 34 heavy (non-hydrogen) atoms. The summed E-state index contributed by atoms with van der Waals surface area (Å²) in [5, 5.41) is 2.01. The van der Waals surface area contributed by atoms with Crippen molar-refractivity contribution >= 4 is 34.5 Å². The fourth-order valence-corrected chi connectivity index (χ4v) is 5.92. The van der Waals surface area contributed by atoms with Crippen molar-refractivity contribution in [3.05, 3.63) is 76.5 Å². The van der Waals surface area contributed by atoms with Crippen molar-refractivity contribution < 1.29 is 14.3 Å². The van der Waals surface area contributed by atoms with E-state index < -0.39 is 0 Å². The number of nitrogens with zero attached hydrogens (tertiary/aromatic N) is 3. The molecule has 0 spiro atoms. The summed E-state index contributed by atoms with van der Waals surface area (Å²) in [7, 11) is 1.68. The third-order valence-corrected chi connectivity index (χ3v) is 7.75. The molecule has 2 fully saturated rings. The number of anilines is 2. The number of hydrogen-bond donors (Lipinski definition) is 0. The first kappa shape index (κ1) is 22.5. The zero-order valence-corrected chi connectivity index (χ0v) is 20.3. The first-order valence-corrected chi connectivity index (χ1v) is 12.5. The van der Waals surface area contributed by atoms with Crippen molar-refractivity contribution in [2.75, 3.05) is 43.1 Å². The highest BCUT2D eigenvalue weighted by molar-refractivity contribution is 7.10. The van der Waals surface area contributed by atoms with E-state index in [9.17, 15) is 9.59 Å². The lowest BCUT2D eigenvalue weighted by molar-refractivity contribution is -0.136. The summed E-state index contributed by atoms with van der Waals surface area (Å²) in [5.74, 6) is 0.537. The molecule has 176 valence electrons. The number of piperazine rings is 1. The lowest BCUT2D eigenvalue weighted by atomic mass is 9.96. The van der Waals surface area contributed by atoms with Crippen LogP contribution in [0.4, 0.5) is 11.4 Å². The predicted molar refractivity (Wildman–Crippen MR) is 136 cm³/mol. The Morgan fingerprint density at radius 2 is 1.71 bits per heavy atom. The second kappa shape index (κ2) is 9.50. The van der Waals surface area contributed by atoms with Crippen molar-refractivity contribution in [2.45, 2.75) is 19.4 Å². The summed E-state index contributed by atoms with van der Waals surface area (Å²) in [6.45, 7) is 4.76. The van der Waals surface area contributed by atoms with Crippen molar-refractivity contribution in [1.29, 1.82) is 0 Å². The highest BCUT2D eigenvalue weighted by atomic mass is 32.1. The van der Waals surface area contributed by atoms with Crippen LogP contribution in [0.2, 0.25) is 0 Å². The van der Waals surface area contributed by atoms with E-state index in [1.54, 1.807) is 18.4 Å². The zero-order valence-electron chi connectivity index (χ0n) is 19.5. The minimum atomic E-state index is -0.384. The maximum atomic E-state index is 13.8. The quantitative estimate of drug-likeness (QED) is 0.545. The lowest BCUT2D eigenvalue weighted by Gasteiger charge is -2.38. The van der Waals surface area contributed by atoms with Gasteiger partial charge in [0.25, 0.3) is 0 Å². The van der Waals surface area contributed by atoms with Crippen LogP contribution in [0.5, 0.6) is 5.75 Å². The van der Waals surface area contributed by atoms with Gasteiger partial charge in [-0.05, 0) is 42.6 Å². The van der Waals surface area contributed by atoms with E-state index in [0.29, 0.717) is 13.1 Å². The highest BCUT2D eigenvalue weighted by Crippen LogP contribution is 2.44. The molecule has 7 heteroatoms. The Bertz CT molecular complexity index is 1150. The average molecular weight is 476 g/mol. The first-order valence-electron chi connectivity index (χ1n) is 11.7. The smallest absolute Gasteiger partial charge is 0.228 e. The number of thiophene rings is 1. The van der Waals surface area contributed by atoms with Crippen molar-refractivity contribution in [1.82, 2.24) is 4.90 Å². The van der Waals surface area contributed by atoms with Crippen LogP contribution in [-0.2, 0) is 9.59 Å². The van der Waals surface area contributed by atoms with E-state index in [0.717, 1.165) is 40.7 Å². The van der Waals surface area contributed by atoms with Gasteiger partial charge in [-0.1, -0.05) is 35.9 Å². The molecule has 2 aliphatic heterocycles. The fraction of sp³-hybridized carbons (Fsp3) is 0.333. The van der Waals surface area contributed by atoms with Crippen molar-refractivity contribution in [3.8, 4) is 5.75 Å². The summed E-state index contributed by atoms with van der Waals surface area (Å²) >= 11 is 1.61. The van der Waals surface area contributed by atoms with Gasteiger partial charge in [0, 0.05) is 43.2 Å². The van der Waals surface area contributed by atoms with Gasteiger partial charge in [-0.2, -0.15) is 0 Å². The SMILES string of the molecule is COc1ccccc1N1CCN(C(=O)C2CC(=O)N(c3ccc(C)cc3)C2c2cccs2)CC1. The van der Waals surface area contributed by atoms with Gasteiger partial charge in [-0.15, -0.1) is 11.3 Å². The van der Waals surface area contributed by atoms with Gasteiger partial charge in [0.15, 0.2) is 0 Å². The van der Waals surface area contributed by atoms with Crippen LogP contribution in [0.15, 0.2) is 66.0 Å². The van der Waals surface area contributed by atoms with Crippen LogP contribution < -0.4 is 14.5 Å². The number of hydrogen-bond acceptors (Lipinski definition) is 5. The maximum absolute atomic E-state index is 13.8. The van der Waals surface area contributed by atoms with Crippen molar-refractivity contribution in [2.24, 2.45) is 5.92 Å². The van der Waals surface area contributed by atoms with E-state index in [1.807, 2.05) is 76.7 Å². The largest absolute Gasteiger partial charge is 0.495 e. The molecule has 0 radical (unpaired) electrons. The van der Waals surface area contributed by atoms with Crippen LogP contribution >= 0.6 is 11.3 Å². The summed E-state index contributed by atoms with van der Waals surface area (Å²) in [4.78, 5) is 34.0. The molecule has 0 N–H and O–H groups in total. The third kappa shape index (κ3) is 4.16. The summed E-state index contributed by atoms with van der Waals surface area (Å²) in [5.41, 5.74) is 3.05. The Morgan fingerprint density at radius 3 is 2.38 bits per heavy atom. The average Bonchev–Trinajstić information content (AvgIpc) is 3.52. The molecule has 2 amide bonds. The Balaban J connectivity index is 1.36. The monoisotopic (exact) mass is 475 g/mol. The Labute approximate surface area is 204 Å². The minimum absolute atomic E-state index is 0.00765. The molecule has 2 unspecified atom stereocenters. The van der Waals surface area contributed by atoms with E-state index in [-0.39, 0.29) is 30.2 Å². The number of carbonyl (C=O) groups excluding carboxylic acids is 2. The summed E-state index contributed by atoms with van der Waals surface area (Å²) < 4.78 is 5.52. The van der Waals surface area contributed by atoms with Crippen LogP contribution in [0, 0.1) is 12.8 Å². The topological polar surface area (TPSA) is 53.1 Å². The van der Waals surface area contributed by atoms with Gasteiger partial charge in [0.2, 0.25) is 11.8 Å². The molecule has 3 heterocycles. The molecule has 6 nitrogen and oxygen atoms in total.